The van der Waals surface area contributed by atoms with E-state index in [1.807, 2.05) is 6.92 Å². The molecule has 5 nitrogen and oxygen atoms in total. The van der Waals surface area contributed by atoms with Gasteiger partial charge >= 0.3 is 6.18 Å². The number of carbonyl (C=O) groups is 1. The van der Waals surface area contributed by atoms with Gasteiger partial charge in [0.05, 0.1) is 22.4 Å². The third-order valence-electron chi connectivity index (χ3n) is 5.54. The predicted molar refractivity (Wildman–Crippen MR) is 122 cm³/mol. The number of amides is 1. The number of para-hydroxylation sites is 1. The number of fused-ring (bicyclic) bond motifs is 3. The topological polar surface area (TPSA) is 64.0 Å². The van der Waals surface area contributed by atoms with Crippen LogP contribution >= 0.6 is 23.1 Å². The lowest BCUT2D eigenvalue weighted by Crippen LogP contribution is -2.24. The van der Waals surface area contributed by atoms with E-state index in [9.17, 15) is 22.8 Å². The summed E-state index contributed by atoms with van der Waals surface area (Å²) >= 11 is 2.58. The molecule has 0 saturated carbocycles. The number of nitrogens with zero attached hydrogens (tertiary/aromatic N) is 2. The van der Waals surface area contributed by atoms with Gasteiger partial charge in [0, 0.05) is 11.4 Å². The Morgan fingerprint density at radius 3 is 2.81 bits per heavy atom. The van der Waals surface area contributed by atoms with E-state index < -0.39 is 17.6 Å². The molecule has 1 aromatic carbocycles. The summed E-state index contributed by atoms with van der Waals surface area (Å²) < 4.78 is 41.0. The fourth-order valence-corrected chi connectivity index (χ4v) is 6.24. The lowest BCUT2D eigenvalue weighted by Gasteiger charge is -2.17. The van der Waals surface area contributed by atoms with Crippen molar-refractivity contribution in [2.75, 3.05) is 11.1 Å². The minimum absolute atomic E-state index is 0.116. The van der Waals surface area contributed by atoms with Crippen LogP contribution in [0.1, 0.15) is 36.3 Å². The van der Waals surface area contributed by atoms with E-state index in [0.29, 0.717) is 27.8 Å². The lowest BCUT2D eigenvalue weighted by molar-refractivity contribution is -0.137. The van der Waals surface area contributed by atoms with Gasteiger partial charge in [-0.2, -0.15) is 13.2 Å². The molecule has 3 aromatic rings. The maximum atomic E-state index is 13.2. The minimum atomic E-state index is -4.57. The Bertz CT molecular complexity index is 1230. The predicted octanol–water partition coefficient (Wildman–Crippen LogP) is 5.35. The first-order valence-corrected chi connectivity index (χ1v) is 12.1. The van der Waals surface area contributed by atoms with Gasteiger partial charge in [-0.15, -0.1) is 11.3 Å². The van der Waals surface area contributed by atoms with Crippen molar-refractivity contribution < 1.29 is 18.0 Å². The average Bonchev–Trinajstić information content (AvgIpc) is 3.09. The molecule has 32 heavy (non-hydrogen) atoms. The zero-order valence-electron chi connectivity index (χ0n) is 17.6. The molecular weight excluding hydrogens is 459 g/mol. The third kappa shape index (κ3) is 4.43. The number of hydrogen-bond donors (Lipinski definition) is 1. The normalized spacial score (nSPS) is 16.2. The van der Waals surface area contributed by atoms with E-state index in [1.165, 1.54) is 39.0 Å². The van der Waals surface area contributed by atoms with Crippen LogP contribution in [0.5, 0.6) is 0 Å². The van der Waals surface area contributed by atoms with Gasteiger partial charge in [-0.25, -0.2) is 4.98 Å². The van der Waals surface area contributed by atoms with Gasteiger partial charge in [-0.1, -0.05) is 30.8 Å². The summed E-state index contributed by atoms with van der Waals surface area (Å²) in [5.41, 5.74) is -0.209. The number of aromatic nitrogens is 2. The van der Waals surface area contributed by atoms with Crippen molar-refractivity contribution in [3.05, 3.63) is 50.6 Å². The van der Waals surface area contributed by atoms with Gasteiger partial charge in [-0.3, -0.25) is 14.2 Å². The smallest absolute Gasteiger partial charge is 0.325 e. The molecule has 0 aliphatic heterocycles. The number of halogens is 3. The van der Waals surface area contributed by atoms with Crippen molar-refractivity contribution in [3.63, 3.8) is 0 Å². The second kappa shape index (κ2) is 8.90. The van der Waals surface area contributed by atoms with E-state index in [2.05, 4.69) is 17.2 Å². The number of thiophene rings is 1. The molecular formula is C22H22F3N3O2S2. The second-order valence-corrected chi connectivity index (χ2v) is 9.88. The number of anilines is 1. The van der Waals surface area contributed by atoms with Crippen molar-refractivity contribution in [1.82, 2.24) is 9.55 Å². The molecule has 0 spiro atoms. The molecule has 0 bridgehead atoms. The molecule has 1 aliphatic rings. The zero-order chi connectivity index (χ0) is 23.0. The summed E-state index contributed by atoms with van der Waals surface area (Å²) in [6.45, 7) is 4.42. The molecule has 1 aliphatic carbocycles. The molecule has 1 atom stereocenters. The monoisotopic (exact) mass is 481 g/mol. The number of benzene rings is 1. The maximum Gasteiger partial charge on any atom is 0.418 e. The molecule has 0 fully saturated rings. The van der Waals surface area contributed by atoms with Crippen LogP contribution in [0.2, 0.25) is 0 Å². The summed E-state index contributed by atoms with van der Waals surface area (Å²) in [6, 6.07) is 4.84. The molecule has 2 heterocycles. The Balaban J connectivity index is 1.57. The summed E-state index contributed by atoms with van der Waals surface area (Å²) in [4.78, 5) is 32.1. The molecule has 0 radical (unpaired) electrons. The summed E-state index contributed by atoms with van der Waals surface area (Å²) in [6.07, 6.45) is -1.72. The van der Waals surface area contributed by atoms with Crippen LogP contribution in [0.15, 0.2) is 34.2 Å². The number of nitrogens with one attached hydrogen (secondary N) is 1. The Hall–Kier alpha value is -2.33. The third-order valence-corrected chi connectivity index (χ3v) is 7.66. The first-order valence-electron chi connectivity index (χ1n) is 10.3. The summed E-state index contributed by atoms with van der Waals surface area (Å²) in [5.74, 6) is -0.184. The number of hydrogen-bond acceptors (Lipinski definition) is 5. The van der Waals surface area contributed by atoms with Crippen LogP contribution < -0.4 is 10.9 Å². The Morgan fingerprint density at radius 2 is 2.09 bits per heavy atom. The van der Waals surface area contributed by atoms with Crippen LogP contribution in [-0.4, -0.2) is 21.2 Å². The Labute approximate surface area is 191 Å². The highest BCUT2D eigenvalue weighted by Gasteiger charge is 2.33. The average molecular weight is 482 g/mol. The lowest BCUT2D eigenvalue weighted by atomic mass is 9.89. The first kappa shape index (κ1) is 22.8. The number of rotatable bonds is 5. The fourth-order valence-electron chi connectivity index (χ4n) is 3.95. The standard InChI is InChI=1S/C22H22F3N3O2S2/c1-3-28-20(30)18-13-9-8-12(2)10-16(13)32-19(18)27-21(28)31-11-17(29)26-15-7-5-4-6-14(15)22(23,24)25/h4-7,12H,3,8-11H2,1-2H3,(H,26,29). The zero-order valence-corrected chi connectivity index (χ0v) is 19.2. The molecule has 1 unspecified atom stereocenters. The fraction of sp³-hybridized carbons (Fsp3) is 0.409. The van der Waals surface area contributed by atoms with Crippen molar-refractivity contribution in [3.8, 4) is 0 Å². The Morgan fingerprint density at radius 1 is 1.34 bits per heavy atom. The van der Waals surface area contributed by atoms with Crippen LogP contribution in [0.3, 0.4) is 0 Å². The van der Waals surface area contributed by atoms with Crippen LogP contribution in [-0.2, 0) is 30.4 Å². The van der Waals surface area contributed by atoms with Gasteiger partial charge in [0.15, 0.2) is 5.16 Å². The Kier molecular flexibility index (Phi) is 6.35. The van der Waals surface area contributed by atoms with E-state index >= 15 is 0 Å². The van der Waals surface area contributed by atoms with Gasteiger partial charge in [0.1, 0.15) is 4.83 Å². The highest BCUT2D eigenvalue weighted by molar-refractivity contribution is 7.99. The van der Waals surface area contributed by atoms with E-state index in [0.717, 1.165) is 42.7 Å². The van der Waals surface area contributed by atoms with Gasteiger partial charge in [-0.05, 0) is 49.8 Å². The highest BCUT2D eigenvalue weighted by Crippen LogP contribution is 2.37. The van der Waals surface area contributed by atoms with E-state index in [4.69, 9.17) is 0 Å². The van der Waals surface area contributed by atoms with E-state index in [1.54, 1.807) is 0 Å². The molecule has 0 saturated heterocycles. The highest BCUT2D eigenvalue weighted by atomic mass is 32.2. The van der Waals surface area contributed by atoms with Crippen molar-refractivity contribution in [2.45, 2.75) is 51.0 Å². The largest absolute Gasteiger partial charge is 0.418 e. The molecule has 4 rings (SSSR count). The quantitative estimate of drug-likeness (QED) is 0.394. The summed E-state index contributed by atoms with van der Waals surface area (Å²) in [5, 5.41) is 3.40. The SMILES string of the molecule is CCn1c(SCC(=O)Nc2ccccc2C(F)(F)F)nc2sc3c(c2c1=O)CCC(C)C3. The molecule has 10 heteroatoms. The van der Waals surface area contributed by atoms with Gasteiger partial charge in [0.25, 0.3) is 5.56 Å². The summed E-state index contributed by atoms with van der Waals surface area (Å²) in [7, 11) is 0. The van der Waals surface area contributed by atoms with Crippen molar-refractivity contribution >= 4 is 44.9 Å². The van der Waals surface area contributed by atoms with Gasteiger partial charge in [0.2, 0.25) is 5.91 Å². The van der Waals surface area contributed by atoms with Crippen LogP contribution in [0, 0.1) is 5.92 Å². The van der Waals surface area contributed by atoms with E-state index in [-0.39, 0.29) is 17.0 Å². The molecule has 1 amide bonds. The van der Waals surface area contributed by atoms with Crippen LogP contribution in [0.25, 0.3) is 10.2 Å². The van der Waals surface area contributed by atoms with Gasteiger partial charge < -0.3 is 5.32 Å². The van der Waals surface area contributed by atoms with Crippen LogP contribution in [0.4, 0.5) is 18.9 Å². The number of carbonyl (C=O) groups excluding carboxylic acids is 1. The maximum absolute atomic E-state index is 13.2. The molecule has 170 valence electrons. The first-order chi connectivity index (χ1) is 15.2. The minimum Gasteiger partial charge on any atom is -0.325 e. The number of alkyl halides is 3. The molecule has 2 aromatic heterocycles. The second-order valence-electron chi connectivity index (χ2n) is 7.86. The number of aryl methyl sites for hydroxylation is 1. The number of thioether (sulfide) groups is 1. The van der Waals surface area contributed by atoms with Crippen molar-refractivity contribution in [2.24, 2.45) is 5.92 Å². The van der Waals surface area contributed by atoms with Crippen molar-refractivity contribution in [1.29, 1.82) is 0 Å². The molecule has 1 N–H and O–H groups in total.